The number of hydrogen-bond acceptors (Lipinski definition) is 4. The van der Waals surface area contributed by atoms with Crippen LogP contribution in [0, 0.1) is 0 Å². The molecule has 0 aliphatic rings. The zero-order valence-electron chi connectivity index (χ0n) is 11.5. The van der Waals surface area contributed by atoms with Crippen molar-refractivity contribution in [2.24, 2.45) is 7.05 Å². The van der Waals surface area contributed by atoms with Crippen LogP contribution in [0.1, 0.15) is 5.56 Å². The number of pyridine rings is 1. The van der Waals surface area contributed by atoms with E-state index in [0.29, 0.717) is 0 Å². The van der Waals surface area contributed by atoms with Gasteiger partial charge >= 0.3 is 0 Å². The third-order valence-electron chi connectivity index (χ3n) is 3.03. The first-order valence-electron chi connectivity index (χ1n) is 6.46. The number of para-hydroxylation sites is 1. The van der Waals surface area contributed by atoms with Gasteiger partial charge in [-0.05, 0) is 24.7 Å². The summed E-state index contributed by atoms with van der Waals surface area (Å²) in [5.41, 5.74) is 2.23. The van der Waals surface area contributed by atoms with Gasteiger partial charge in [-0.3, -0.25) is 4.68 Å². The minimum absolute atomic E-state index is 0.806. The smallest absolute Gasteiger partial charge is 0.106 e. The molecular weight excluding hydrogens is 268 g/mol. The molecule has 0 aliphatic carbocycles. The van der Waals surface area contributed by atoms with Crippen LogP contribution in [0.5, 0.6) is 0 Å². The van der Waals surface area contributed by atoms with Gasteiger partial charge in [0.25, 0.3) is 0 Å². The molecule has 0 radical (unpaired) electrons. The second-order valence-electron chi connectivity index (χ2n) is 4.63. The molecule has 1 N–H and O–H groups in total. The van der Waals surface area contributed by atoms with Gasteiger partial charge < -0.3 is 5.32 Å². The van der Waals surface area contributed by atoms with Gasteiger partial charge in [0.05, 0.1) is 16.6 Å². The lowest BCUT2D eigenvalue weighted by molar-refractivity contribution is 0.766. The minimum atomic E-state index is 0.806. The number of benzene rings is 1. The predicted octanol–water partition coefficient (Wildman–Crippen LogP) is 2.84. The largest absolute Gasteiger partial charge is 0.316 e. The van der Waals surface area contributed by atoms with E-state index in [2.05, 4.69) is 22.5 Å². The molecule has 0 aliphatic heterocycles. The molecule has 0 fully saturated rings. The van der Waals surface area contributed by atoms with E-state index in [4.69, 9.17) is 4.98 Å². The molecule has 0 bridgehead atoms. The van der Waals surface area contributed by atoms with Gasteiger partial charge in [-0.15, -0.1) is 0 Å². The van der Waals surface area contributed by atoms with Crippen LogP contribution in [0.15, 0.2) is 52.6 Å². The molecule has 2 heterocycles. The molecule has 0 saturated carbocycles. The van der Waals surface area contributed by atoms with Gasteiger partial charge in [-0.25, -0.2) is 4.98 Å². The first kappa shape index (κ1) is 13.1. The van der Waals surface area contributed by atoms with Gasteiger partial charge in [0.2, 0.25) is 0 Å². The highest BCUT2D eigenvalue weighted by molar-refractivity contribution is 7.99. The van der Waals surface area contributed by atoms with Crippen molar-refractivity contribution in [3.63, 3.8) is 0 Å². The molecule has 0 unspecified atom stereocenters. The number of fused-ring (bicyclic) bond motifs is 1. The van der Waals surface area contributed by atoms with Crippen molar-refractivity contribution in [3.05, 3.63) is 48.3 Å². The number of aromatic nitrogens is 3. The fraction of sp³-hybridized carbons (Fsp3) is 0.200. The van der Waals surface area contributed by atoms with Gasteiger partial charge in [0.1, 0.15) is 5.03 Å². The molecule has 20 heavy (non-hydrogen) atoms. The second kappa shape index (κ2) is 5.64. The van der Waals surface area contributed by atoms with E-state index in [9.17, 15) is 0 Å². The summed E-state index contributed by atoms with van der Waals surface area (Å²) in [5.74, 6) is 0. The van der Waals surface area contributed by atoms with Crippen LogP contribution >= 0.6 is 11.8 Å². The number of nitrogens with zero attached hydrogens (tertiary/aromatic N) is 3. The highest BCUT2D eigenvalue weighted by atomic mass is 32.2. The van der Waals surface area contributed by atoms with Crippen molar-refractivity contribution >= 4 is 22.7 Å². The highest BCUT2D eigenvalue weighted by Gasteiger charge is 2.09. The third-order valence-corrected chi connectivity index (χ3v) is 4.02. The summed E-state index contributed by atoms with van der Waals surface area (Å²) in [6.45, 7) is 0.806. The molecule has 0 amide bonds. The SMILES string of the molecule is CNCc1cc2ccccc2nc1Sc1cnn(C)c1. The predicted molar refractivity (Wildman–Crippen MR) is 81.8 cm³/mol. The Morgan fingerprint density at radius 2 is 2.15 bits per heavy atom. The number of hydrogen-bond donors (Lipinski definition) is 1. The van der Waals surface area contributed by atoms with Crippen molar-refractivity contribution in [2.75, 3.05) is 7.05 Å². The van der Waals surface area contributed by atoms with Crippen LogP contribution in [0.2, 0.25) is 0 Å². The average molecular weight is 284 g/mol. The highest BCUT2D eigenvalue weighted by Crippen LogP contribution is 2.30. The van der Waals surface area contributed by atoms with E-state index in [1.807, 2.05) is 44.7 Å². The maximum atomic E-state index is 4.78. The van der Waals surface area contributed by atoms with Gasteiger partial charge in [0, 0.05) is 25.2 Å². The molecule has 5 heteroatoms. The van der Waals surface area contributed by atoms with Crippen molar-refractivity contribution in [2.45, 2.75) is 16.5 Å². The Balaban J connectivity index is 2.04. The summed E-state index contributed by atoms with van der Waals surface area (Å²) in [7, 11) is 3.88. The van der Waals surface area contributed by atoms with E-state index >= 15 is 0 Å². The van der Waals surface area contributed by atoms with Crippen LogP contribution in [-0.2, 0) is 13.6 Å². The summed E-state index contributed by atoms with van der Waals surface area (Å²) in [4.78, 5) is 5.89. The standard InChI is InChI=1S/C15H16N4S/c1-16-8-12-7-11-5-3-4-6-14(11)18-15(12)20-13-9-17-19(2)10-13/h3-7,9-10,16H,8H2,1-2H3. The fourth-order valence-electron chi connectivity index (χ4n) is 2.11. The molecule has 0 atom stereocenters. The minimum Gasteiger partial charge on any atom is -0.316 e. The van der Waals surface area contributed by atoms with Crippen LogP contribution < -0.4 is 5.32 Å². The second-order valence-corrected chi connectivity index (χ2v) is 5.69. The van der Waals surface area contributed by atoms with E-state index in [1.54, 1.807) is 16.4 Å². The quantitative estimate of drug-likeness (QED) is 0.800. The molecule has 2 aromatic heterocycles. The first-order valence-corrected chi connectivity index (χ1v) is 7.27. The van der Waals surface area contributed by atoms with E-state index in [0.717, 1.165) is 22.0 Å². The van der Waals surface area contributed by atoms with Crippen LogP contribution in [0.3, 0.4) is 0 Å². The molecule has 0 spiro atoms. The lowest BCUT2D eigenvalue weighted by Gasteiger charge is -2.09. The van der Waals surface area contributed by atoms with Gasteiger partial charge in [-0.2, -0.15) is 5.10 Å². The Kier molecular flexibility index (Phi) is 3.71. The zero-order chi connectivity index (χ0) is 13.9. The summed E-state index contributed by atoms with van der Waals surface area (Å²) in [6.07, 6.45) is 3.87. The topological polar surface area (TPSA) is 42.7 Å². The van der Waals surface area contributed by atoms with Gasteiger partial charge in [0.15, 0.2) is 0 Å². The normalized spacial score (nSPS) is 11.1. The summed E-state index contributed by atoms with van der Waals surface area (Å²) in [6, 6.07) is 10.4. The van der Waals surface area contributed by atoms with E-state index in [1.165, 1.54) is 10.9 Å². The first-order chi connectivity index (χ1) is 9.76. The van der Waals surface area contributed by atoms with Crippen molar-refractivity contribution in [1.29, 1.82) is 0 Å². The summed E-state index contributed by atoms with van der Waals surface area (Å²) >= 11 is 1.66. The lowest BCUT2D eigenvalue weighted by Crippen LogP contribution is -2.07. The molecule has 3 aromatic rings. The Labute approximate surface area is 122 Å². The Hall–Kier alpha value is -1.85. The molecule has 0 saturated heterocycles. The maximum Gasteiger partial charge on any atom is 0.106 e. The van der Waals surface area contributed by atoms with Crippen molar-refractivity contribution in [3.8, 4) is 0 Å². The summed E-state index contributed by atoms with van der Waals surface area (Å²) < 4.78 is 1.81. The molecule has 4 nitrogen and oxygen atoms in total. The molecule has 3 rings (SSSR count). The number of rotatable bonds is 4. The van der Waals surface area contributed by atoms with E-state index in [-0.39, 0.29) is 0 Å². The summed E-state index contributed by atoms with van der Waals surface area (Å²) in [5, 5.41) is 9.62. The fourth-order valence-corrected chi connectivity index (χ4v) is 3.05. The van der Waals surface area contributed by atoms with E-state index < -0.39 is 0 Å². The van der Waals surface area contributed by atoms with Crippen molar-refractivity contribution < 1.29 is 0 Å². The Morgan fingerprint density at radius 3 is 2.90 bits per heavy atom. The lowest BCUT2D eigenvalue weighted by atomic mass is 10.1. The van der Waals surface area contributed by atoms with Crippen molar-refractivity contribution in [1.82, 2.24) is 20.1 Å². The molecule has 1 aromatic carbocycles. The Morgan fingerprint density at radius 1 is 1.30 bits per heavy atom. The van der Waals surface area contributed by atoms with Gasteiger partial charge in [-0.1, -0.05) is 30.0 Å². The zero-order valence-corrected chi connectivity index (χ0v) is 12.3. The molecule has 102 valence electrons. The number of nitrogens with one attached hydrogen (secondary N) is 1. The van der Waals surface area contributed by atoms with Crippen LogP contribution in [0.4, 0.5) is 0 Å². The maximum absolute atomic E-state index is 4.78. The third kappa shape index (κ3) is 2.69. The number of aryl methyl sites for hydroxylation is 1. The monoisotopic (exact) mass is 284 g/mol. The molecular formula is C15H16N4S. The average Bonchev–Trinajstić information content (AvgIpc) is 2.85. The van der Waals surface area contributed by atoms with Crippen LogP contribution in [-0.4, -0.2) is 21.8 Å². The van der Waals surface area contributed by atoms with Crippen LogP contribution in [0.25, 0.3) is 10.9 Å². The Bertz CT molecular complexity index is 736.